The number of carbonyl (C=O) groups excluding carboxylic acids is 1. The number of nitrogens with zero attached hydrogens (tertiary/aromatic N) is 3. The van der Waals surface area contributed by atoms with Gasteiger partial charge in [0.15, 0.2) is 0 Å². The number of carbonyl (C=O) groups is 1. The minimum Gasteiger partial charge on any atom is -0.366 e. The lowest BCUT2D eigenvalue weighted by molar-refractivity contribution is 0.102. The third-order valence-electron chi connectivity index (χ3n) is 3.75. The van der Waals surface area contributed by atoms with E-state index in [0.717, 1.165) is 5.56 Å². The molecule has 0 aliphatic rings. The molecular formula is C20H16ClN5O. The second kappa shape index (κ2) is 8.30. The molecule has 3 rings (SSSR count). The summed E-state index contributed by atoms with van der Waals surface area (Å²) in [6, 6.07) is 17.9. The lowest BCUT2D eigenvalue weighted by atomic mass is 10.2. The van der Waals surface area contributed by atoms with E-state index < -0.39 is 5.91 Å². The molecule has 7 heteroatoms. The summed E-state index contributed by atoms with van der Waals surface area (Å²) in [5.74, 6) is 0.601. The van der Waals surface area contributed by atoms with Crippen LogP contribution in [0.5, 0.6) is 0 Å². The fraction of sp³-hybridized carbons (Fsp3) is 0.100. The summed E-state index contributed by atoms with van der Waals surface area (Å²) in [6.07, 6.45) is 0. The Morgan fingerprint density at radius 1 is 1.15 bits per heavy atom. The van der Waals surface area contributed by atoms with Gasteiger partial charge in [0.25, 0.3) is 5.91 Å². The van der Waals surface area contributed by atoms with Gasteiger partial charge in [0, 0.05) is 17.6 Å². The topological polar surface area (TPSA) is 90.7 Å². The molecule has 134 valence electrons. The minimum atomic E-state index is -0.405. The zero-order valence-corrected chi connectivity index (χ0v) is 15.3. The van der Waals surface area contributed by atoms with Crippen LogP contribution in [0.2, 0.25) is 5.02 Å². The second-order valence-electron chi connectivity index (χ2n) is 5.78. The number of para-hydroxylation sites is 1. The second-order valence-corrected chi connectivity index (χ2v) is 6.21. The highest BCUT2D eigenvalue weighted by Crippen LogP contribution is 2.16. The molecule has 0 radical (unpaired) electrons. The van der Waals surface area contributed by atoms with Crippen LogP contribution in [0, 0.1) is 18.3 Å². The van der Waals surface area contributed by atoms with E-state index >= 15 is 0 Å². The fourth-order valence-corrected chi connectivity index (χ4v) is 2.57. The van der Waals surface area contributed by atoms with E-state index in [2.05, 4.69) is 20.6 Å². The number of benzene rings is 2. The molecule has 0 spiro atoms. The molecule has 0 bridgehead atoms. The molecule has 0 saturated carbocycles. The normalized spacial score (nSPS) is 10.1. The Labute approximate surface area is 161 Å². The molecular weight excluding hydrogens is 362 g/mol. The van der Waals surface area contributed by atoms with Crippen LogP contribution in [-0.4, -0.2) is 15.9 Å². The van der Waals surface area contributed by atoms with Crippen LogP contribution in [-0.2, 0) is 6.54 Å². The van der Waals surface area contributed by atoms with Crippen molar-refractivity contribution in [1.82, 2.24) is 9.97 Å². The highest BCUT2D eigenvalue weighted by Gasteiger charge is 2.12. The smallest absolute Gasteiger partial charge is 0.274 e. The third-order valence-corrected chi connectivity index (χ3v) is 4.01. The summed E-state index contributed by atoms with van der Waals surface area (Å²) in [6.45, 7) is 2.25. The maximum Gasteiger partial charge on any atom is 0.274 e. The number of amides is 1. The van der Waals surface area contributed by atoms with Gasteiger partial charge < -0.3 is 10.6 Å². The molecule has 27 heavy (non-hydrogen) atoms. The molecule has 0 atom stereocenters. The van der Waals surface area contributed by atoms with Gasteiger partial charge in [-0.15, -0.1) is 0 Å². The highest BCUT2D eigenvalue weighted by molar-refractivity contribution is 6.30. The molecule has 1 amide bonds. The first-order valence-electron chi connectivity index (χ1n) is 8.19. The Kier molecular flexibility index (Phi) is 5.64. The van der Waals surface area contributed by atoms with Crippen molar-refractivity contribution in [3.8, 4) is 6.07 Å². The van der Waals surface area contributed by atoms with Gasteiger partial charge in [0.05, 0.1) is 11.3 Å². The van der Waals surface area contributed by atoms with E-state index in [1.54, 1.807) is 37.3 Å². The summed E-state index contributed by atoms with van der Waals surface area (Å²) >= 11 is 5.89. The zero-order chi connectivity index (χ0) is 19.2. The van der Waals surface area contributed by atoms with Gasteiger partial charge in [0.2, 0.25) is 0 Å². The Bertz CT molecular complexity index is 1010. The maximum absolute atomic E-state index is 12.5. The van der Waals surface area contributed by atoms with Crippen LogP contribution in [0.1, 0.15) is 27.4 Å². The first kappa shape index (κ1) is 18.4. The molecule has 0 fully saturated rings. The predicted octanol–water partition coefficient (Wildman–Crippen LogP) is 4.17. The molecule has 1 aromatic heterocycles. The number of nitrogens with one attached hydrogen (secondary N) is 2. The number of halogens is 1. The number of nitriles is 1. The lowest BCUT2D eigenvalue weighted by Crippen LogP contribution is -2.16. The molecule has 0 unspecified atom stereocenters. The first-order valence-corrected chi connectivity index (χ1v) is 8.57. The SMILES string of the molecule is Cc1nc(NCc2ccc(Cl)cc2)cc(C(=O)Nc2ccccc2C#N)n1. The van der Waals surface area contributed by atoms with Crippen molar-refractivity contribution >= 4 is 29.0 Å². The van der Waals surface area contributed by atoms with Crippen molar-refractivity contribution in [2.45, 2.75) is 13.5 Å². The standard InChI is InChI=1S/C20H16ClN5O/c1-13-24-18(20(27)26-17-5-3-2-4-15(17)11-22)10-19(25-13)23-12-14-6-8-16(21)9-7-14/h2-10H,12H2,1H3,(H,26,27)(H,23,24,25). The number of hydrogen-bond donors (Lipinski definition) is 2. The number of aryl methyl sites for hydroxylation is 1. The summed E-state index contributed by atoms with van der Waals surface area (Å²) < 4.78 is 0. The Morgan fingerprint density at radius 3 is 2.63 bits per heavy atom. The molecule has 0 aliphatic carbocycles. The van der Waals surface area contributed by atoms with E-state index in [4.69, 9.17) is 16.9 Å². The third kappa shape index (κ3) is 4.81. The quantitative estimate of drug-likeness (QED) is 0.696. The summed E-state index contributed by atoms with van der Waals surface area (Å²) in [5.41, 5.74) is 2.08. The van der Waals surface area contributed by atoms with Crippen molar-refractivity contribution in [3.63, 3.8) is 0 Å². The molecule has 2 N–H and O–H groups in total. The summed E-state index contributed by atoms with van der Waals surface area (Å²) in [4.78, 5) is 21.0. The Hall–Kier alpha value is -3.43. The first-order chi connectivity index (χ1) is 13.0. The van der Waals surface area contributed by atoms with Crippen molar-refractivity contribution in [2.75, 3.05) is 10.6 Å². The lowest BCUT2D eigenvalue weighted by Gasteiger charge is -2.10. The highest BCUT2D eigenvalue weighted by atomic mass is 35.5. The van der Waals surface area contributed by atoms with Crippen LogP contribution < -0.4 is 10.6 Å². The minimum absolute atomic E-state index is 0.217. The summed E-state index contributed by atoms with van der Waals surface area (Å²) in [5, 5.41) is 15.7. The van der Waals surface area contributed by atoms with Gasteiger partial charge in [-0.3, -0.25) is 4.79 Å². The van der Waals surface area contributed by atoms with Gasteiger partial charge in [-0.2, -0.15) is 5.26 Å². The Morgan fingerprint density at radius 2 is 1.89 bits per heavy atom. The summed E-state index contributed by atoms with van der Waals surface area (Å²) in [7, 11) is 0. The van der Waals surface area contributed by atoms with E-state index in [0.29, 0.717) is 34.5 Å². The molecule has 0 saturated heterocycles. The average molecular weight is 378 g/mol. The van der Waals surface area contributed by atoms with Crippen LogP contribution in [0.4, 0.5) is 11.5 Å². The average Bonchev–Trinajstić information content (AvgIpc) is 2.67. The number of hydrogen-bond acceptors (Lipinski definition) is 5. The molecule has 6 nitrogen and oxygen atoms in total. The van der Waals surface area contributed by atoms with Crippen molar-refractivity contribution in [3.05, 3.63) is 82.3 Å². The van der Waals surface area contributed by atoms with Crippen molar-refractivity contribution in [1.29, 1.82) is 5.26 Å². The number of aromatic nitrogens is 2. The molecule has 0 aliphatic heterocycles. The van der Waals surface area contributed by atoms with Crippen LogP contribution in [0.25, 0.3) is 0 Å². The maximum atomic E-state index is 12.5. The monoisotopic (exact) mass is 377 g/mol. The van der Waals surface area contributed by atoms with Gasteiger partial charge in [-0.05, 0) is 36.8 Å². The van der Waals surface area contributed by atoms with E-state index in [1.165, 1.54) is 0 Å². The van der Waals surface area contributed by atoms with Crippen molar-refractivity contribution in [2.24, 2.45) is 0 Å². The number of anilines is 2. The predicted molar refractivity (Wildman–Crippen MR) is 105 cm³/mol. The van der Waals surface area contributed by atoms with Gasteiger partial charge in [-0.25, -0.2) is 9.97 Å². The molecule has 1 heterocycles. The van der Waals surface area contributed by atoms with Crippen LogP contribution in [0.15, 0.2) is 54.6 Å². The molecule has 2 aromatic carbocycles. The van der Waals surface area contributed by atoms with Crippen molar-refractivity contribution < 1.29 is 4.79 Å². The van der Waals surface area contributed by atoms with E-state index in [1.807, 2.05) is 30.3 Å². The fourth-order valence-electron chi connectivity index (χ4n) is 2.45. The van der Waals surface area contributed by atoms with Gasteiger partial charge in [0.1, 0.15) is 23.4 Å². The van der Waals surface area contributed by atoms with E-state index in [9.17, 15) is 4.79 Å². The largest absolute Gasteiger partial charge is 0.366 e. The Balaban J connectivity index is 1.75. The van der Waals surface area contributed by atoms with Gasteiger partial charge >= 0.3 is 0 Å². The van der Waals surface area contributed by atoms with Gasteiger partial charge in [-0.1, -0.05) is 35.9 Å². The van der Waals surface area contributed by atoms with E-state index in [-0.39, 0.29) is 5.69 Å². The molecule has 3 aromatic rings. The number of rotatable bonds is 5. The zero-order valence-electron chi connectivity index (χ0n) is 14.5. The van der Waals surface area contributed by atoms with Crippen LogP contribution in [0.3, 0.4) is 0 Å². The van der Waals surface area contributed by atoms with Crippen LogP contribution >= 0.6 is 11.6 Å².